The van der Waals surface area contributed by atoms with E-state index >= 15 is 0 Å². The second-order valence-corrected chi connectivity index (χ2v) is 4.87. The highest BCUT2D eigenvalue weighted by Gasteiger charge is 2.29. The Balaban J connectivity index is 2.11. The Hall–Kier alpha value is -1.62. The number of hydrogen-bond donors (Lipinski definition) is 1. The number of hydrogen-bond acceptors (Lipinski definition) is 3. The van der Waals surface area contributed by atoms with E-state index in [1.807, 2.05) is 24.7 Å². The fraction of sp³-hybridized carbons (Fsp3) is 0.273. The number of aryl methyl sites for hydroxylation is 1. The van der Waals surface area contributed by atoms with Gasteiger partial charge in [0.1, 0.15) is 5.82 Å². The van der Waals surface area contributed by atoms with E-state index in [2.05, 4.69) is 16.5 Å². The van der Waals surface area contributed by atoms with Gasteiger partial charge in [-0.3, -0.25) is 9.48 Å². The Morgan fingerprint density at radius 3 is 3.25 bits per heavy atom. The number of carbonyl (C=O) groups is 1. The van der Waals surface area contributed by atoms with Crippen LogP contribution in [0.15, 0.2) is 23.7 Å². The van der Waals surface area contributed by atoms with Crippen LogP contribution in [0.3, 0.4) is 0 Å². The van der Waals surface area contributed by atoms with Crippen molar-refractivity contribution >= 4 is 23.1 Å². The Labute approximate surface area is 96.9 Å². The van der Waals surface area contributed by atoms with E-state index in [4.69, 9.17) is 0 Å². The molecule has 0 saturated heterocycles. The molecular formula is C11H11N3OS. The summed E-state index contributed by atoms with van der Waals surface area (Å²) in [6.45, 7) is 0. The van der Waals surface area contributed by atoms with E-state index < -0.39 is 0 Å². The lowest BCUT2D eigenvalue weighted by Gasteiger charge is -2.21. The minimum atomic E-state index is 0.0644. The number of thiophene rings is 1. The Morgan fingerprint density at radius 2 is 2.50 bits per heavy atom. The molecule has 0 aliphatic carbocycles. The summed E-state index contributed by atoms with van der Waals surface area (Å²) in [7, 11) is 1.84. The molecule has 2 aromatic rings. The molecule has 0 aromatic carbocycles. The fourth-order valence-electron chi connectivity index (χ4n) is 2.08. The van der Waals surface area contributed by atoms with Gasteiger partial charge in [0.15, 0.2) is 0 Å². The third kappa shape index (κ3) is 1.36. The van der Waals surface area contributed by atoms with Gasteiger partial charge in [-0.05, 0) is 11.4 Å². The molecule has 82 valence electrons. The summed E-state index contributed by atoms with van der Waals surface area (Å²) in [5.41, 5.74) is 1.12. The van der Waals surface area contributed by atoms with Gasteiger partial charge in [-0.1, -0.05) is 6.07 Å². The SMILES string of the molecule is Cn1ncc2c1NC(=O)C[C@@H]2c1cccs1. The first-order valence-electron chi connectivity index (χ1n) is 5.11. The predicted octanol–water partition coefficient (Wildman–Crippen LogP) is 1.96. The number of anilines is 1. The predicted molar refractivity (Wildman–Crippen MR) is 62.6 cm³/mol. The van der Waals surface area contributed by atoms with E-state index in [-0.39, 0.29) is 11.8 Å². The largest absolute Gasteiger partial charge is 0.311 e. The van der Waals surface area contributed by atoms with Gasteiger partial charge in [-0.25, -0.2) is 0 Å². The van der Waals surface area contributed by atoms with Gasteiger partial charge < -0.3 is 5.32 Å². The lowest BCUT2D eigenvalue weighted by Crippen LogP contribution is -2.23. The molecule has 1 aliphatic heterocycles. The van der Waals surface area contributed by atoms with Crippen LogP contribution in [0, 0.1) is 0 Å². The molecule has 0 fully saturated rings. The molecule has 2 aromatic heterocycles. The first kappa shape index (κ1) is 9.59. The normalized spacial score (nSPS) is 19.3. The maximum Gasteiger partial charge on any atom is 0.226 e. The number of nitrogens with one attached hydrogen (secondary N) is 1. The minimum Gasteiger partial charge on any atom is -0.311 e. The number of nitrogens with zero attached hydrogens (tertiary/aromatic N) is 2. The molecule has 1 amide bonds. The Bertz CT molecular complexity index is 529. The molecule has 5 heteroatoms. The van der Waals surface area contributed by atoms with Crippen LogP contribution >= 0.6 is 11.3 Å². The summed E-state index contributed by atoms with van der Waals surface area (Å²) >= 11 is 1.69. The zero-order valence-corrected chi connectivity index (χ0v) is 9.62. The van der Waals surface area contributed by atoms with Crippen LogP contribution < -0.4 is 5.32 Å². The highest BCUT2D eigenvalue weighted by Crippen LogP contribution is 2.38. The molecular weight excluding hydrogens is 222 g/mol. The average Bonchev–Trinajstić information content (AvgIpc) is 2.88. The highest BCUT2D eigenvalue weighted by molar-refractivity contribution is 7.10. The number of rotatable bonds is 1. The molecule has 1 aliphatic rings. The van der Waals surface area contributed by atoms with Crippen molar-refractivity contribution < 1.29 is 4.79 Å². The summed E-state index contributed by atoms with van der Waals surface area (Å²) in [4.78, 5) is 12.9. The fourth-order valence-corrected chi connectivity index (χ4v) is 2.93. The van der Waals surface area contributed by atoms with Crippen LogP contribution in [0.1, 0.15) is 22.8 Å². The van der Waals surface area contributed by atoms with E-state index in [1.54, 1.807) is 16.0 Å². The van der Waals surface area contributed by atoms with E-state index in [1.165, 1.54) is 4.88 Å². The standard InChI is InChI=1S/C11H11N3OS/c1-14-11-8(6-12-14)7(5-10(15)13-11)9-3-2-4-16-9/h2-4,6-7H,5H2,1H3,(H,13,15)/t7-/m0/s1. The molecule has 1 N–H and O–H groups in total. The van der Waals surface area contributed by atoms with Gasteiger partial charge in [-0.2, -0.15) is 5.10 Å². The Morgan fingerprint density at radius 1 is 1.62 bits per heavy atom. The molecule has 0 bridgehead atoms. The van der Waals surface area contributed by atoms with E-state index in [0.717, 1.165) is 11.4 Å². The number of amides is 1. The first-order valence-corrected chi connectivity index (χ1v) is 5.99. The number of aromatic nitrogens is 2. The van der Waals surface area contributed by atoms with Gasteiger partial charge in [0, 0.05) is 29.8 Å². The molecule has 0 unspecified atom stereocenters. The van der Waals surface area contributed by atoms with Crippen LogP contribution in [0.5, 0.6) is 0 Å². The molecule has 3 heterocycles. The van der Waals surface area contributed by atoms with Gasteiger partial charge >= 0.3 is 0 Å². The lowest BCUT2D eigenvalue weighted by molar-refractivity contribution is -0.116. The molecule has 16 heavy (non-hydrogen) atoms. The van der Waals surface area contributed by atoms with Crippen LogP contribution in [0.2, 0.25) is 0 Å². The van der Waals surface area contributed by atoms with Crippen molar-refractivity contribution in [2.24, 2.45) is 7.05 Å². The summed E-state index contributed by atoms with van der Waals surface area (Å²) in [5.74, 6) is 1.06. The summed E-state index contributed by atoms with van der Waals surface area (Å²) in [5, 5.41) is 9.11. The van der Waals surface area contributed by atoms with Gasteiger partial charge in [0.2, 0.25) is 5.91 Å². The maximum atomic E-state index is 11.6. The highest BCUT2D eigenvalue weighted by atomic mass is 32.1. The summed E-state index contributed by atoms with van der Waals surface area (Å²) < 4.78 is 1.72. The molecule has 3 rings (SSSR count). The second kappa shape index (κ2) is 3.45. The van der Waals surface area contributed by atoms with Crippen LogP contribution in [-0.2, 0) is 11.8 Å². The molecule has 0 radical (unpaired) electrons. The molecule has 0 spiro atoms. The zero-order chi connectivity index (χ0) is 11.1. The molecule has 1 atom stereocenters. The van der Waals surface area contributed by atoms with Crippen molar-refractivity contribution in [3.8, 4) is 0 Å². The first-order chi connectivity index (χ1) is 7.75. The van der Waals surface area contributed by atoms with Crippen LogP contribution in [-0.4, -0.2) is 15.7 Å². The smallest absolute Gasteiger partial charge is 0.226 e. The summed E-state index contributed by atoms with van der Waals surface area (Å²) in [6, 6.07) is 4.09. The van der Waals surface area contributed by atoms with Crippen LogP contribution in [0.25, 0.3) is 0 Å². The zero-order valence-electron chi connectivity index (χ0n) is 8.80. The molecule has 0 saturated carbocycles. The third-order valence-electron chi connectivity index (χ3n) is 2.88. The number of fused-ring (bicyclic) bond motifs is 1. The van der Waals surface area contributed by atoms with Gasteiger partial charge in [0.25, 0.3) is 0 Å². The monoisotopic (exact) mass is 233 g/mol. The maximum absolute atomic E-state index is 11.6. The van der Waals surface area contributed by atoms with E-state index in [9.17, 15) is 4.79 Å². The van der Waals surface area contributed by atoms with E-state index in [0.29, 0.717) is 6.42 Å². The topological polar surface area (TPSA) is 46.9 Å². The average molecular weight is 233 g/mol. The quantitative estimate of drug-likeness (QED) is 0.818. The minimum absolute atomic E-state index is 0.0644. The van der Waals surface area contributed by atoms with Gasteiger partial charge in [-0.15, -0.1) is 11.3 Å². The van der Waals surface area contributed by atoms with Gasteiger partial charge in [0.05, 0.1) is 6.20 Å². The third-order valence-corrected chi connectivity index (χ3v) is 3.86. The van der Waals surface area contributed by atoms with Crippen molar-refractivity contribution in [1.82, 2.24) is 9.78 Å². The number of carbonyl (C=O) groups excluding carboxylic acids is 1. The molecule has 4 nitrogen and oxygen atoms in total. The lowest BCUT2D eigenvalue weighted by atomic mass is 9.93. The van der Waals surface area contributed by atoms with Crippen molar-refractivity contribution in [1.29, 1.82) is 0 Å². The van der Waals surface area contributed by atoms with Crippen molar-refractivity contribution in [3.05, 3.63) is 34.2 Å². The van der Waals surface area contributed by atoms with Crippen molar-refractivity contribution in [2.75, 3.05) is 5.32 Å². The van der Waals surface area contributed by atoms with Crippen LogP contribution in [0.4, 0.5) is 5.82 Å². The Kier molecular flexibility index (Phi) is 2.07. The summed E-state index contributed by atoms with van der Waals surface area (Å²) in [6.07, 6.45) is 2.36. The van der Waals surface area contributed by atoms with Crippen molar-refractivity contribution in [2.45, 2.75) is 12.3 Å². The van der Waals surface area contributed by atoms with Crippen molar-refractivity contribution in [3.63, 3.8) is 0 Å². The second-order valence-electron chi connectivity index (χ2n) is 3.89.